The molecule has 1 aliphatic rings. The number of aryl methyl sites for hydroxylation is 1. The Morgan fingerprint density at radius 2 is 1.89 bits per heavy atom. The number of rotatable bonds is 2. The zero-order valence-electron chi connectivity index (χ0n) is 10.9. The number of aliphatic imine (C=N–C) groups is 1. The summed E-state index contributed by atoms with van der Waals surface area (Å²) in [6.45, 7) is 2.03. The lowest BCUT2D eigenvalue weighted by molar-refractivity contribution is -0.115. The van der Waals surface area contributed by atoms with Gasteiger partial charge in [-0.05, 0) is 19.8 Å². The summed E-state index contributed by atoms with van der Waals surface area (Å²) in [5, 5.41) is 0. The van der Waals surface area contributed by atoms with Crippen LogP contribution in [0.25, 0.3) is 0 Å². The minimum atomic E-state index is 0.111. The Bertz CT molecular complexity index is 524. The van der Waals surface area contributed by atoms with E-state index in [-0.39, 0.29) is 5.78 Å². The average molecular weight is 242 g/mol. The molecule has 0 saturated heterocycles. The van der Waals surface area contributed by atoms with Gasteiger partial charge in [0, 0.05) is 24.7 Å². The van der Waals surface area contributed by atoms with Crippen molar-refractivity contribution in [1.29, 1.82) is 0 Å². The number of nitrogens with zero attached hydrogens (tertiary/aromatic N) is 1. The highest BCUT2D eigenvalue weighted by Gasteiger charge is 2.23. The summed E-state index contributed by atoms with van der Waals surface area (Å²) in [5.74, 6) is 0.111. The summed E-state index contributed by atoms with van der Waals surface area (Å²) in [5.41, 5.74) is 10.1. The topological polar surface area (TPSA) is 55.4 Å². The lowest BCUT2D eigenvalue weighted by Crippen LogP contribution is -2.23. The van der Waals surface area contributed by atoms with E-state index in [0.29, 0.717) is 17.7 Å². The standard InChI is InChI=1S/C15H18N2O/c1-10-6-8-11(9-7-10)15(17-2)14-12(16)4-3-5-13(14)18/h6-9H,3-5,16H2,1-2H3. The van der Waals surface area contributed by atoms with E-state index < -0.39 is 0 Å². The molecule has 0 saturated carbocycles. The van der Waals surface area contributed by atoms with Gasteiger partial charge in [-0.15, -0.1) is 0 Å². The normalized spacial score (nSPS) is 17.2. The highest BCUT2D eigenvalue weighted by Crippen LogP contribution is 2.22. The maximum Gasteiger partial charge on any atom is 0.166 e. The third kappa shape index (κ3) is 2.35. The average Bonchev–Trinajstić information content (AvgIpc) is 2.35. The number of allylic oxidation sites excluding steroid dienone is 2. The minimum Gasteiger partial charge on any atom is -0.401 e. The SMILES string of the molecule is CN=C(C1=C(N)CCCC1=O)c1ccc(C)cc1. The molecule has 0 atom stereocenters. The van der Waals surface area contributed by atoms with Gasteiger partial charge in [-0.25, -0.2) is 0 Å². The van der Waals surface area contributed by atoms with Crippen LogP contribution in [-0.4, -0.2) is 18.5 Å². The maximum absolute atomic E-state index is 12.0. The van der Waals surface area contributed by atoms with E-state index in [1.165, 1.54) is 5.56 Å². The molecule has 3 heteroatoms. The second-order valence-corrected chi connectivity index (χ2v) is 4.62. The fraction of sp³-hybridized carbons (Fsp3) is 0.333. The molecule has 1 aromatic rings. The Labute approximate surface area is 107 Å². The summed E-state index contributed by atoms with van der Waals surface area (Å²) < 4.78 is 0. The predicted molar refractivity (Wildman–Crippen MR) is 73.7 cm³/mol. The number of Topliss-reactive ketones (excluding diaryl/α,β-unsaturated/α-hetero) is 1. The molecule has 3 nitrogen and oxygen atoms in total. The van der Waals surface area contributed by atoms with E-state index in [4.69, 9.17) is 5.73 Å². The first-order chi connectivity index (χ1) is 8.63. The number of carbonyl (C=O) groups excluding carboxylic acids is 1. The molecule has 1 aliphatic carbocycles. The van der Waals surface area contributed by atoms with Crippen molar-refractivity contribution in [2.24, 2.45) is 10.7 Å². The molecule has 0 amide bonds. The molecule has 1 aromatic carbocycles. The van der Waals surface area contributed by atoms with Gasteiger partial charge in [0.2, 0.25) is 0 Å². The molecule has 0 fully saturated rings. The van der Waals surface area contributed by atoms with Crippen LogP contribution in [0.1, 0.15) is 30.4 Å². The van der Waals surface area contributed by atoms with Gasteiger partial charge in [0.1, 0.15) is 0 Å². The third-order valence-corrected chi connectivity index (χ3v) is 3.24. The Morgan fingerprint density at radius 1 is 1.22 bits per heavy atom. The van der Waals surface area contributed by atoms with Crippen LogP contribution in [0.2, 0.25) is 0 Å². The largest absolute Gasteiger partial charge is 0.401 e. The third-order valence-electron chi connectivity index (χ3n) is 3.24. The number of nitrogens with two attached hydrogens (primary N) is 1. The highest BCUT2D eigenvalue weighted by atomic mass is 16.1. The van der Waals surface area contributed by atoms with Crippen LogP contribution in [0.5, 0.6) is 0 Å². The summed E-state index contributed by atoms with van der Waals surface area (Å²) in [7, 11) is 1.71. The Balaban J connectivity index is 2.46. The Kier molecular flexibility index (Phi) is 3.60. The summed E-state index contributed by atoms with van der Waals surface area (Å²) in [6, 6.07) is 8.01. The van der Waals surface area contributed by atoms with Gasteiger partial charge >= 0.3 is 0 Å². The number of hydrogen-bond donors (Lipinski definition) is 1. The van der Waals surface area contributed by atoms with Gasteiger partial charge in [-0.3, -0.25) is 9.79 Å². The van der Waals surface area contributed by atoms with Crippen LogP contribution in [-0.2, 0) is 4.79 Å². The summed E-state index contributed by atoms with van der Waals surface area (Å²) in [6.07, 6.45) is 2.20. The fourth-order valence-electron chi connectivity index (χ4n) is 2.25. The molecule has 0 spiro atoms. The first-order valence-electron chi connectivity index (χ1n) is 6.19. The van der Waals surface area contributed by atoms with Crippen molar-refractivity contribution in [2.75, 3.05) is 7.05 Å². The smallest absolute Gasteiger partial charge is 0.166 e. The zero-order valence-corrected chi connectivity index (χ0v) is 10.9. The van der Waals surface area contributed by atoms with Gasteiger partial charge in [-0.2, -0.15) is 0 Å². The van der Waals surface area contributed by atoms with E-state index in [2.05, 4.69) is 4.99 Å². The van der Waals surface area contributed by atoms with E-state index >= 15 is 0 Å². The number of carbonyl (C=O) groups is 1. The lowest BCUT2D eigenvalue weighted by Gasteiger charge is -2.18. The van der Waals surface area contributed by atoms with E-state index in [9.17, 15) is 4.79 Å². The maximum atomic E-state index is 12.0. The van der Waals surface area contributed by atoms with Gasteiger partial charge in [0.15, 0.2) is 5.78 Å². The van der Waals surface area contributed by atoms with Gasteiger partial charge in [0.05, 0.1) is 11.3 Å². The Morgan fingerprint density at radius 3 is 2.44 bits per heavy atom. The van der Waals surface area contributed by atoms with Gasteiger partial charge in [0.25, 0.3) is 0 Å². The molecule has 0 heterocycles. The molecule has 18 heavy (non-hydrogen) atoms. The molecule has 0 unspecified atom stereocenters. The van der Waals surface area contributed by atoms with E-state index in [0.717, 1.165) is 24.1 Å². The molecular weight excluding hydrogens is 224 g/mol. The van der Waals surface area contributed by atoms with Crippen LogP contribution in [0.15, 0.2) is 40.5 Å². The zero-order chi connectivity index (χ0) is 13.1. The van der Waals surface area contributed by atoms with Crippen LogP contribution < -0.4 is 5.73 Å². The number of benzene rings is 1. The number of hydrogen-bond acceptors (Lipinski definition) is 3. The van der Waals surface area contributed by atoms with Crippen molar-refractivity contribution in [1.82, 2.24) is 0 Å². The van der Waals surface area contributed by atoms with Crippen molar-refractivity contribution in [3.63, 3.8) is 0 Å². The van der Waals surface area contributed by atoms with Crippen molar-refractivity contribution < 1.29 is 4.79 Å². The van der Waals surface area contributed by atoms with Crippen LogP contribution in [0.3, 0.4) is 0 Å². The van der Waals surface area contributed by atoms with Crippen molar-refractivity contribution >= 4 is 11.5 Å². The van der Waals surface area contributed by atoms with Crippen molar-refractivity contribution in [3.05, 3.63) is 46.7 Å². The molecule has 0 aromatic heterocycles. The molecule has 2 N–H and O–H groups in total. The highest BCUT2D eigenvalue weighted by molar-refractivity contribution is 6.29. The molecule has 0 radical (unpaired) electrons. The first-order valence-corrected chi connectivity index (χ1v) is 6.19. The molecule has 0 bridgehead atoms. The van der Waals surface area contributed by atoms with Crippen LogP contribution in [0, 0.1) is 6.92 Å². The second kappa shape index (κ2) is 5.17. The lowest BCUT2D eigenvalue weighted by atomic mass is 9.89. The summed E-state index contributed by atoms with van der Waals surface area (Å²) >= 11 is 0. The number of ketones is 1. The Hall–Kier alpha value is -1.90. The summed E-state index contributed by atoms with van der Waals surface area (Å²) in [4.78, 5) is 16.3. The van der Waals surface area contributed by atoms with E-state index in [1.807, 2.05) is 31.2 Å². The minimum absolute atomic E-state index is 0.111. The second-order valence-electron chi connectivity index (χ2n) is 4.62. The predicted octanol–water partition coefficient (Wildman–Crippen LogP) is 2.38. The van der Waals surface area contributed by atoms with Crippen LogP contribution in [0.4, 0.5) is 0 Å². The molecule has 2 rings (SSSR count). The van der Waals surface area contributed by atoms with Crippen molar-refractivity contribution in [2.45, 2.75) is 26.2 Å². The van der Waals surface area contributed by atoms with Gasteiger partial charge in [-0.1, -0.05) is 29.8 Å². The van der Waals surface area contributed by atoms with Crippen molar-refractivity contribution in [3.8, 4) is 0 Å². The first kappa shape index (κ1) is 12.6. The fourth-order valence-corrected chi connectivity index (χ4v) is 2.25. The monoisotopic (exact) mass is 242 g/mol. The molecular formula is C15H18N2O. The van der Waals surface area contributed by atoms with E-state index in [1.54, 1.807) is 7.05 Å². The molecule has 94 valence electrons. The van der Waals surface area contributed by atoms with Crippen LogP contribution >= 0.6 is 0 Å². The molecule has 0 aliphatic heterocycles. The quantitative estimate of drug-likeness (QED) is 0.809. The van der Waals surface area contributed by atoms with Gasteiger partial charge < -0.3 is 5.73 Å².